The third-order valence-electron chi connectivity index (χ3n) is 5.83. The van der Waals surface area contributed by atoms with Crippen LogP contribution in [0.15, 0.2) is 30.3 Å². The van der Waals surface area contributed by atoms with Crippen molar-refractivity contribution in [3.8, 4) is 0 Å². The van der Waals surface area contributed by atoms with Crippen molar-refractivity contribution in [3.05, 3.63) is 35.9 Å². The highest BCUT2D eigenvalue weighted by atomic mass is 16.3. The van der Waals surface area contributed by atoms with Crippen molar-refractivity contribution in [2.24, 2.45) is 5.41 Å². The molecule has 2 aliphatic rings. The first-order valence-electron chi connectivity index (χ1n) is 9.56. The Morgan fingerprint density at radius 1 is 1.08 bits per heavy atom. The van der Waals surface area contributed by atoms with Gasteiger partial charge in [0.25, 0.3) is 0 Å². The molecule has 1 aromatic carbocycles. The van der Waals surface area contributed by atoms with E-state index in [1.54, 1.807) is 0 Å². The van der Waals surface area contributed by atoms with Gasteiger partial charge in [-0.1, -0.05) is 37.3 Å². The zero-order valence-electron chi connectivity index (χ0n) is 15.4. The molecule has 1 unspecified atom stereocenters. The summed E-state index contributed by atoms with van der Waals surface area (Å²) in [5, 5.41) is 9.60. The smallest absolute Gasteiger partial charge is 0.230 e. The van der Waals surface area contributed by atoms with Crippen molar-refractivity contribution in [3.63, 3.8) is 0 Å². The summed E-state index contributed by atoms with van der Waals surface area (Å²) in [6, 6.07) is 10.4. The van der Waals surface area contributed by atoms with Crippen LogP contribution in [0.25, 0.3) is 0 Å². The molecule has 0 spiro atoms. The molecule has 1 atom stereocenters. The molecule has 5 nitrogen and oxygen atoms in total. The van der Waals surface area contributed by atoms with Gasteiger partial charge in [-0.2, -0.15) is 0 Å². The normalized spacial score (nSPS) is 25.4. The summed E-state index contributed by atoms with van der Waals surface area (Å²) in [6.45, 7) is 9.43. The molecule has 2 saturated heterocycles. The summed E-state index contributed by atoms with van der Waals surface area (Å²) in [5.74, 6) is 0.257. The molecule has 0 saturated carbocycles. The Morgan fingerprint density at radius 3 is 2.44 bits per heavy atom. The van der Waals surface area contributed by atoms with E-state index in [0.717, 1.165) is 58.8 Å². The number of aliphatic hydroxyl groups is 1. The van der Waals surface area contributed by atoms with E-state index in [9.17, 15) is 9.90 Å². The number of aliphatic hydroxyl groups excluding tert-OH is 1. The molecule has 2 aliphatic heterocycles. The Hall–Kier alpha value is -1.43. The van der Waals surface area contributed by atoms with Crippen LogP contribution < -0.4 is 0 Å². The molecule has 1 amide bonds. The predicted molar refractivity (Wildman–Crippen MR) is 99.2 cm³/mol. The maximum atomic E-state index is 13.3. The number of amides is 1. The van der Waals surface area contributed by atoms with Gasteiger partial charge in [0.05, 0.1) is 5.41 Å². The molecular weight excluding hydrogens is 314 g/mol. The average molecular weight is 345 g/mol. The zero-order valence-corrected chi connectivity index (χ0v) is 15.4. The fourth-order valence-electron chi connectivity index (χ4n) is 4.24. The topological polar surface area (TPSA) is 47.0 Å². The highest BCUT2D eigenvalue weighted by molar-refractivity contribution is 5.83. The summed E-state index contributed by atoms with van der Waals surface area (Å²) in [5.41, 5.74) is 0.879. The molecule has 5 heteroatoms. The van der Waals surface area contributed by atoms with E-state index in [2.05, 4.69) is 41.0 Å². The minimum absolute atomic E-state index is 0.0832. The maximum absolute atomic E-state index is 13.3. The van der Waals surface area contributed by atoms with Crippen LogP contribution in [0.2, 0.25) is 0 Å². The highest BCUT2D eigenvalue weighted by Gasteiger charge is 2.46. The molecule has 138 valence electrons. The molecule has 1 N–H and O–H groups in total. The number of nitrogens with zero attached hydrogens (tertiary/aromatic N) is 3. The summed E-state index contributed by atoms with van der Waals surface area (Å²) < 4.78 is 0. The van der Waals surface area contributed by atoms with E-state index in [1.165, 1.54) is 5.56 Å². The Kier molecular flexibility index (Phi) is 6.10. The Bertz CT molecular complexity index is 557. The molecular formula is C20H31N3O2. The first-order valence-corrected chi connectivity index (χ1v) is 9.56. The van der Waals surface area contributed by atoms with Gasteiger partial charge in [0.1, 0.15) is 0 Å². The summed E-state index contributed by atoms with van der Waals surface area (Å²) in [6.07, 6.45) is 1.43. The van der Waals surface area contributed by atoms with Gasteiger partial charge in [-0.3, -0.25) is 9.69 Å². The fraction of sp³-hybridized carbons (Fsp3) is 0.650. The average Bonchev–Trinajstić information content (AvgIpc) is 3.06. The number of likely N-dealkylation sites (N-methyl/N-ethyl adjacent to an activating group) is 1. The van der Waals surface area contributed by atoms with Gasteiger partial charge >= 0.3 is 0 Å². The second-order valence-electron chi connectivity index (χ2n) is 7.43. The van der Waals surface area contributed by atoms with E-state index in [0.29, 0.717) is 6.42 Å². The van der Waals surface area contributed by atoms with Gasteiger partial charge in [-0.05, 0) is 31.5 Å². The van der Waals surface area contributed by atoms with Crippen LogP contribution in [0.1, 0.15) is 25.3 Å². The van der Waals surface area contributed by atoms with Gasteiger partial charge in [0.15, 0.2) is 0 Å². The molecule has 0 radical (unpaired) electrons. The summed E-state index contributed by atoms with van der Waals surface area (Å²) in [7, 11) is 0. The number of likely N-dealkylation sites (tertiary alicyclic amines) is 1. The quantitative estimate of drug-likeness (QED) is 0.847. The standard InChI is InChI=1S/C20H31N3O2/c1-2-21-11-13-23(14-12-21)19(25)20(9-15-24)8-10-22(17-20)16-18-6-4-3-5-7-18/h3-7,24H,2,8-17H2,1H3. The first-order chi connectivity index (χ1) is 12.2. The third-order valence-corrected chi connectivity index (χ3v) is 5.83. The number of benzene rings is 1. The predicted octanol–water partition coefficient (Wildman–Crippen LogP) is 1.43. The van der Waals surface area contributed by atoms with Crippen molar-refractivity contribution in [2.75, 3.05) is 52.4 Å². The van der Waals surface area contributed by atoms with Crippen molar-refractivity contribution < 1.29 is 9.90 Å². The van der Waals surface area contributed by atoms with Crippen molar-refractivity contribution in [2.45, 2.75) is 26.3 Å². The van der Waals surface area contributed by atoms with Crippen LogP contribution in [0.3, 0.4) is 0 Å². The van der Waals surface area contributed by atoms with E-state index in [4.69, 9.17) is 0 Å². The number of carbonyl (C=O) groups is 1. The molecule has 0 aliphatic carbocycles. The van der Waals surface area contributed by atoms with Gasteiger partial charge < -0.3 is 14.9 Å². The molecule has 3 rings (SSSR count). The van der Waals surface area contributed by atoms with Gasteiger partial charge in [0.2, 0.25) is 5.91 Å². The Morgan fingerprint density at radius 2 is 1.80 bits per heavy atom. The lowest BCUT2D eigenvalue weighted by Crippen LogP contribution is -2.54. The number of hydrogen-bond acceptors (Lipinski definition) is 4. The maximum Gasteiger partial charge on any atom is 0.230 e. The summed E-state index contributed by atoms with van der Waals surface area (Å²) >= 11 is 0. The van der Waals surface area contributed by atoms with Gasteiger partial charge in [-0.15, -0.1) is 0 Å². The van der Waals surface area contributed by atoms with Crippen LogP contribution in [0.5, 0.6) is 0 Å². The molecule has 25 heavy (non-hydrogen) atoms. The molecule has 0 aromatic heterocycles. The van der Waals surface area contributed by atoms with E-state index in [-0.39, 0.29) is 12.5 Å². The lowest BCUT2D eigenvalue weighted by atomic mass is 9.82. The second-order valence-corrected chi connectivity index (χ2v) is 7.43. The number of hydrogen-bond donors (Lipinski definition) is 1. The SMILES string of the molecule is CCN1CCN(C(=O)C2(CCO)CCN(Cc3ccccc3)C2)CC1. The second kappa shape index (κ2) is 8.30. The largest absolute Gasteiger partial charge is 0.396 e. The molecule has 2 heterocycles. The van der Waals surface area contributed by atoms with Crippen LogP contribution in [-0.2, 0) is 11.3 Å². The van der Waals surface area contributed by atoms with E-state index in [1.807, 2.05) is 11.0 Å². The minimum atomic E-state index is -0.405. The van der Waals surface area contributed by atoms with E-state index >= 15 is 0 Å². The minimum Gasteiger partial charge on any atom is -0.396 e. The zero-order chi connectivity index (χ0) is 17.7. The number of rotatable bonds is 6. The van der Waals surface area contributed by atoms with Crippen molar-refractivity contribution in [1.29, 1.82) is 0 Å². The highest BCUT2D eigenvalue weighted by Crippen LogP contribution is 2.37. The Labute approximate surface area is 151 Å². The van der Waals surface area contributed by atoms with Crippen molar-refractivity contribution >= 4 is 5.91 Å². The van der Waals surface area contributed by atoms with Gasteiger partial charge in [0, 0.05) is 45.9 Å². The van der Waals surface area contributed by atoms with Crippen LogP contribution in [-0.4, -0.2) is 78.1 Å². The van der Waals surface area contributed by atoms with E-state index < -0.39 is 5.41 Å². The number of piperazine rings is 1. The number of carbonyl (C=O) groups excluding carboxylic acids is 1. The monoisotopic (exact) mass is 345 g/mol. The third kappa shape index (κ3) is 4.22. The van der Waals surface area contributed by atoms with Crippen LogP contribution >= 0.6 is 0 Å². The Balaban J connectivity index is 1.64. The van der Waals surface area contributed by atoms with Gasteiger partial charge in [-0.25, -0.2) is 0 Å². The molecule has 1 aromatic rings. The lowest BCUT2D eigenvalue weighted by Gasteiger charge is -2.39. The molecule has 0 bridgehead atoms. The first kappa shape index (κ1) is 18.4. The molecule has 2 fully saturated rings. The lowest BCUT2D eigenvalue weighted by molar-refractivity contribution is -0.144. The summed E-state index contributed by atoms with van der Waals surface area (Å²) in [4.78, 5) is 20.1. The fourth-order valence-corrected chi connectivity index (χ4v) is 4.24. The van der Waals surface area contributed by atoms with Crippen molar-refractivity contribution in [1.82, 2.24) is 14.7 Å². The van der Waals surface area contributed by atoms with Crippen LogP contribution in [0, 0.1) is 5.41 Å². The van der Waals surface area contributed by atoms with Crippen LogP contribution in [0.4, 0.5) is 0 Å².